The highest BCUT2D eigenvalue weighted by Gasteiger charge is 2.05. The first-order valence-corrected chi connectivity index (χ1v) is 7.75. The maximum Gasteiger partial charge on any atom is 0.0759 e. The van der Waals surface area contributed by atoms with E-state index in [2.05, 4.69) is 65.3 Å². The standard InChI is InChI=1S/C16H19N3S/c1-12(2)17-10-14-7-8-15(20-14)11-19-16-6-4-3-5-13(16)9-18-19/h3-9,12,17H,10-11H2,1-2H3. The smallest absolute Gasteiger partial charge is 0.0759 e. The molecule has 2 heterocycles. The van der Waals surface area contributed by atoms with E-state index in [4.69, 9.17) is 0 Å². The summed E-state index contributed by atoms with van der Waals surface area (Å²) in [5.41, 5.74) is 1.20. The molecule has 0 fully saturated rings. The second-order valence-electron chi connectivity index (χ2n) is 5.26. The fourth-order valence-corrected chi connectivity index (χ4v) is 3.16. The Morgan fingerprint density at radius 3 is 2.80 bits per heavy atom. The molecule has 0 spiro atoms. The van der Waals surface area contributed by atoms with Crippen LogP contribution in [0.1, 0.15) is 23.6 Å². The SMILES string of the molecule is CC(C)NCc1ccc(Cn2ncc3ccccc32)s1. The van der Waals surface area contributed by atoms with Gasteiger partial charge in [0.25, 0.3) is 0 Å². The van der Waals surface area contributed by atoms with Gasteiger partial charge in [0.1, 0.15) is 0 Å². The van der Waals surface area contributed by atoms with E-state index in [-0.39, 0.29) is 0 Å². The lowest BCUT2D eigenvalue weighted by Gasteiger charge is -2.05. The van der Waals surface area contributed by atoms with Gasteiger partial charge < -0.3 is 5.32 Å². The third-order valence-electron chi connectivity index (χ3n) is 3.26. The molecule has 3 rings (SSSR count). The number of nitrogens with one attached hydrogen (secondary N) is 1. The first-order valence-electron chi connectivity index (χ1n) is 6.94. The van der Waals surface area contributed by atoms with Gasteiger partial charge in [-0.3, -0.25) is 4.68 Å². The molecule has 0 unspecified atom stereocenters. The Balaban J connectivity index is 1.74. The zero-order valence-electron chi connectivity index (χ0n) is 11.8. The maximum absolute atomic E-state index is 4.48. The van der Waals surface area contributed by atoms with E-state index in [9.17, 15) is 0 Å². The molecule has 0 bridgehead atoms. The quantitative estimate of drug-likeness (QED) is 0.775. The number of nitrogens with zero attached hydrogens (tertiary/aromatic N) is 2. The van der Waals surface area contributed by atoms with Crippen LogP contribution in [0.25, 0.3) is 10.9 Å². The lowest BCUT2D eigenvalue weighted by molar-refractivity contribution is 0.593. The van der Waals surface area contributed by atoms with E-state index in [1.807, 2.05) is 17.5 Å². The second-order valence-corrected chi connectivity index (χ2v) is 6.52. The summed E-state index contributed by atoms with van der Waals surface area (Å²) in [6.07, 6.45) is 1.93. The molecule has 0 amide bonds. The number of thiophene rings is 1. The van der Waals surface area contributed by atoms with Gasteiger partial charge in [-0.15, -0.1) is 11.3 Å². The maximum atomic E-state index is 4.48. The molecule has 104 valence electrons. The van der Waals surface area contributed by atoms with Gasteiger partial charge in [0.15, 0.2) is 0 Å². The number of aromatic nitrogens is 2. The minimum absolute atomic E-state index is 0.524. The highest BCUT2D eigenvalue weighted by Crippen LogP contribution is 2.20. The Morgan fingerprint density at radius 1 is 1.15 bits per heavy atom. The molecule has 4 heteroatoms. The second kappa shape index (κ2) is 5.77. The van der Waals surface area contributed by atoms with Crippen LogP contribution in [0.15, 0.2) is 42.6 Å². The summed E-state index contributed by atoms with van der Waals surface area (Å²) in [6, 6.07) is 13.3. The first kappa shape index (κ1) is 13.3. The first-order chi connectivity index (χ1) is 9.72. The normalized spacial score (nSPS) is 11.6. The van der Waals surface area contributed by atoms with Crippen molar-refractivity contribution in [3.05, 3.63) is 52.3 Å². The van der Waals surface area contributed by atoms with Crippen molar-refractivity contribution in [3.8, 4) is 0 Å². The molecule has 0 saturated carbocycles. The van der Waals surface area contributed by atoms with Crippen molar-refractivity contribution in [2.75, 3.05) is 0 Å². The van der Waals surface area contributed by atoms with Gasteiger partial charge in [0.05, 0.1) is 18.3 Å². The van der Waals surface area contributed by atoms with Crippen LogP contribution >= 0.6 is 11.3 Å². The van der Waals surface area contributed by atoms with Crippen molar-refractivity contribution >= 4 is 22.2 Å². The lowest BCUT2D eigenvalue weighted by atomic mass is 10.2. The molecule has 3 nitrogen and oxygen atoms in total. The molecular formula is C16H19N3S. The Hall–Kier alpha value is -1.65. The Labute approximate surface area is 123 Å². The van der Waals surface area contributed by atoms with Gasteiger partial charge in [-0.05, 0) is 18.2 Å². The van der Waals surface area contributed by atoms with Crippen LogP contribution in [-0.4, -0.2) is 15.8 Å². The van der Waals surface area contributed by atoms with Crippen LogP contribution in [0.4, 0.5) is 0 Å². The summed E-state index contributed by atoms with van der Waals surface area (Å²) in [4.78, 5) is 2.73. The molecule has 0 aliphatic heterocycles. The molecule has 0 radical (unpaired) electrons. The summed E-state index contributed by atoms with van der Waals surface area (Å²) in [5.74, 6) is 0. The third-order valence-corrected chi connectivity index (χ3v) is 4.33. The number of hydrogen-bond acceptors (Lipinski definition) is 3. The van der Waals surface area contributed by atoms with Crippen molar-refractivity contribution in [3.63, 3.8) is 0 Å². The zero-order valence-corrected chi connectivity index (χ0v) is 12.7. The van der Waals surface area contributed by atoms with Crippen LogP contribution in [0.5, 0.6) is 0 Å². The van der Waals surface area contributed by atoms with E-state index in [0.29, 0.717) is 6.04 Å². The minimum atomic E-state index is 0.524. The van der Waals surface area contributed by atoms with Crippen molar-refractivity contribution in [1.29, 1.82) is 0 Å². The summed E-state index contributed by atoms with van der Waals surface area (Å²) in [7, 11) is 0. The monoisotopic (exact) mass is 285 g/mol. The number of hydrogen-bond donors (Lipinski definition) is 1. The fraction of sp³-hybridized carbons (Fsp3) is 0.312. The van der Waals surface area contributed by atoms with Crippen molar-refractivity contribution in [2.24, 2.45) is 0 Å². The Kier molecular flexibility index (Phi) is 3.85. The Morgan fingerprint density at radius 2 is 1.95 bits per heavy atom. The van der Waals surface area contributed by atoms with E-state index < -0.39 is 0 Å². The average molecular weight is 285 g/mol. The minimum Gasteiger partial charge on any atom is -0.310 e. The fourth-order valence-electron chi connectivity index (χ4n) is 2.21. The molecule has 20 heavy (non-hydrogen) atoms. The van der Waals surface area contributed by atoms with Crippen LogP contribution in [0, 0.1) is 0 Å². The number of benzene rings is 1. The number of fused-ring (bicyclic) bond motifs is 1. The van der Waals surface area contributed by atoms with E-state index in [1.165, 1.54) is 20.7 Å². The van der Waals surface area contributed by atoms with E-state index >= 15 is 0 Å². The summed E-state index contributed by atoms with van der Waals surface area (Å²) in [5, 5.41) is 9.13. The number of para-hydroxylation sites is 1. The molecule has 0 aliphatic rings. The summed E-state index contributed by atoms with van der Waals surface area (Å²) < 4.78 is 2.07. The topological polar surface area (TPSA) is 29.9 Å². The predicted molar refractivity (Wildman–Crippen MR) is 85.1 cm³/mol. The van der Waals surface area contributed by atoms with Crippen molar-refractivity contribution in [2.45, 2.75) is 33.0 Å². The Bertz CT molecular complexity index is 696. The van der Waals surface area contributed by atoms with Gasteiger partial charge in [-0.1, -0.05) is 32.0 Å². The lowest BCUT2D eigenvalue weighted by Crippen LogP contribution is -2.21. The molecule has 1 aromatic carbocycles. The van der Waals surface area contributed by atoms with E-state index in [1.54, 1.807) is 0 Å². The molecule has 0 aliphatic carbocycles. The van der Waals surface area contributed by atoms with Crippen LogP contribution < -0.4 is 5.32 Å². The highest BCUT2D eigenvalue weighted by molar-refractivity contribution is 7.11. The zero-order chi connectivity index (χ0) is 13.9. The summed E-state index contributed by atoms with van der Waals surface area (Å²) in [6.45, 7) is 6.14. The van der Waals surface area contributed by atoms with Crippen LogP contribution in [0.3, 0.4) is 0 Å². The van der Waals surface area contributed by atoms with Gasteiger partial charge >= 0.3 is 0 Å². The van der Waals surface area contributed by atoms with Crippen molar-refractivity contribution < 1.29 is 0 Å². The molecule has 3 aromatic rings. The molecule has 0 saturated heterocycles. The third kappa shape index (κ3) is 2.92. The molecule has 1 N–H and O–H groups in total. The average Bonchev–Trinajstić information content (AvgIpc) is 3.05. The van der Waals surface area contributed by atoms with Gasteiger partial charge in [-0.25, -0.2) is 0 Å². The van der Waals surface area contributed by atoms with Crippen LogP contribution in [0.2, 0.25) is 0 Å². The van der Waals surface area contributed by atoms with Crippen LogP contribution in [-0.2, 0) is 13.1 Å². The molecule has 2 aromatic heterocycles. The molecular weight excluding hydrogens is 266 g/mol. The van der Waals surface area contributed by atoms with Gasteiger partial charge in [0.2, 0.25) is 0 Å². The highest BCUT2D eigenvalue weighted by atomic mass is 32.1. The largest absolute Gasteiger partial charge is 0.310 e. The van der Waals surface area contributed by atoms with Gasteiger partial charge in [-0.2, -0.15) is 5.10 Å². The van der Waals surface area contributed by atoms with Crippen molar-refractivity contribution in [1.82, 2.24) is 15.1 Å². The summed E-state index contributed by atoms with van der Waals surface area (Å²) >= 11 is 1.86. The van der Waals surface area contributed by atoms with E-state index in [0.717, 1.165) is 13.1 Å². The predicted octanol–water partition coefficient (Wildman–Crippen LogP) is 3.64. The number of rotatable bonds is 5. The molecule has 0 atom stereocenters. The van der Waals surface area contributed by atoms with Gasteiger partial charge in [0, 0.05) is 27.7 Å².